The van der Waals surface area contributed by atoms with E-state index in [1.165, 1.54) is 0 Å². The molecule has 0 N–H and O–H groups in total. The second-order valence-corrected chi connectivity index (χ2v) is 6.73. The van der Waals surface area contributed by atoms with Gasteiger partial charge in [0.25, 0.3) is 0 Å². The van der Waals surface area contributed by atoms with Crippen LogP contribution in [0.5, 0.6) is 0 Å². The minimum atomic E-state index is -0.554. The zero-order valence-corrected chi connectivity index (χ0v) is 15.3. The van der Waals surface area contributed by atoms with Crippen LogP contribution >= 0.6 is 0 Å². The summed E-state index contributed by atoms with van der Waals surface area (Å²) >= 11 is 0. The van der Waals surface area contributed by atoms with E-state index in [2.05, 4.69) is 4.98 Å². The Kier molecular flexibility index (Phi) is 5.07. The molecule has 1 unspecified atom stereocenters. The predicted octanol–water partition coefficient (Wildman–Crippen LogP) is 5.47. The van der Waals surface area contributed by atoms with E-state index in [0.717, 1.165) is 16.3 Å². The monoisotopic (exact) mass is 365 g/mol. The first-order valence-electron chi connectivity index (χ1n) is 9.24. The molecule has 4 rings (SSSR count). The highest BCUT2D eigenvalue weighted by Crippen LogP contribution is 2.29. The maximum Gasteiger partial charge on any atom is 0.182 e. The summed E-state index contributed by atoms with van der Waals surface area (Å²) in [5, 5.41) is 2.16. The number of hydrogen-bond acceptors (Lipinski definition) is 3. The van der Waals surface area contributed by atoms with Gasteiger partial charge in [-0.1, -0.05) is 78.9 Å². The molecule has 0 bridgehead atoms. The summed E-state index contributed by atoms with van der Waals surface area (Å²) in [6.07, 6.45) is 1.68. The molecular weight excluding hydrogens is 346 g/mol. The van der Waals surface area contributed by atoms with Crippen LogP contribution in [0.25, 0.3) is 10.8 Å². The largest absolute Gasteiger partial charge is 0.293 e. The molecule has 136 valence electrons. The van der Waals surface area contributed by atoms with Gasteiger partial charge in [0.05, 0.1) is 5.92 Å². The lowest BCUT2D eigenvalue weighted by Crippen LogP contribution is -2.18. The normalized spacial score (nSPS) is 11.9. The number of aromatic nitrogens is 1. The van der Waals surface area contributed by atoms with E-state index in [0.29, 0.717) is 11.3 Å². The molecule has 1 heterocycles. The summed E-state index contributed by atoms with van der Waals surface area (Å²) in [5.41, 5.74) is 1.83. The third-order valence-corrected chi connectivity index (χ3v) is 4.89. The quantitative estimate of drug-likeness (QED) is 0.425. The van der Waals surface area contributed by atoms with Crippen molar-refractivity contribution in [2.75, 3.05) is 0 Å². The van der Waals surface area contributed by atoms with Crippen LogP contribution in [0.1, 0.15) is 38.7 Å². The van der Waals surface area contributed by atoms with Crippen LogP contribution in [0.2, 0.25) is 0 Å². The second-order valence-electron chi connectivity index (χ2n) is 6.73. The molecule has 0 fully saturated rings. The van der Waals surface area contributed by atoms with Gasteiger partial charge in [0, 0.05) is 18.2 Å². The van der Waals surface area contributed by atoms with Gasteiger partial charge in [0.15, 0.2) is 11.6 Å². The Morgan fingerprint density at radius 3 is 2.21 bits per heavy atom. The van der Waals surface area contributed by atoms with Crippen molar-refractivity contribution in [3.05, 3.63) is 114 Å². The van der Waals surface area contributed by atoms with Crippen molar-refractivity contribution in [3.63, 3.8) is 0 Å². The number of pyridine rings is 1. The van der Waals surface area contributed by atoms with Gasteiger partial charge < -0.3 is 0 Å². The van der Waals surface area contributed by atoms with Crippen LogP contribution in [-0.4, -0.2) is 16.6 Å². The molecular formula is C25H19NO2. The predicted molar refractivity (Wildman–Crippen MR) is 111 cm³/mol. The third kappa shape index (κ3) is 3.74. The molecule has 1 aromatic heterocycles. The molecule has 28 heavy (non-hydrogen) atoms. The zero-order chi connectivity index (χ0) is 19.3. The van der Waals surface area contributed by atoms with Crippen LogP contribution < -0.4 is 0 Å². The maximum absolute atomic E-state index is 13.3. The van der Waals surface area contributed by atoms with E-state index in [1.807, 2.05) is 60.7 Å². The Bertz CT molecular complexity index is 1120. The molecule has 4 aromatic rings. The van der Waals surface area contributed by atoms with Crippen LogP contribution in [-0.2, 0) is 0 Å². The summed E-state index contributed by atoms with van der Waals surface area (Å²) < 4.78 is 0. The summed E-state index contributed by atoms with van der Waals surface area (Å²) in [6.45, 7) is 0. The number of carbonyl (C=O) groups excluding carboxylic acids is 2. The molecule has 0 radical (unpaired) electrons. The molecule has 1 atom stereocenters. The maximum atomic E-state index is 13.3. The minimum absolute atomic E-state index is 0.0554. The van der Waals surface area contributed by atoms with Gasteiger partial charge in [0.2, 0.25) is 0 Å². The third-order valence-electron chi connectivity index (χ3n) is 4.89. The van der Waals surface area contributed by atoms with Crippen molar-refractivity contribution in [1.29, 1.82) is 0 Å². The van der Waals surface area contributed by atoms with Crippen LogP contribution in [0, 0.1) is 0 Å². The number of carbonyl (C=O) groups is 2. The molecule has 3 aromatic carbocycles. The Morgan fingerprint density at radius 1 is 0.750 bits per heavy atom. The van der Waals surface area contributed by atoms with Crippen molar-refractivity contribution in [2.24, 2.45) is 0 Å². The number of Topliss-reactive ketones (excluding diaryl/α,β-unsaturated/α-hetero) is 2. The summed E-state index contributed by atoms with van der Waals surface area (Å²) in [6, 6.07) is 28.3. The standard InChI is InChI=1S/C25H19NO2/c27-24(23-12-6-7-15-26-23)17-22(25(28)19-9-2-1-3-10-19)21-14-13-18-8-4-5-11-20(18)16-21/h1-16,22H,17H2. The van der Waals surface area contributed by atoms with Gasteiger partial charge in [-0.15, -0.1) is 0 Å². The number of fused-ring (bicyclic) bond motifs is 1. The van der Waals surface area contributed by atoms with Gasteiger partial charge in [-0.3, -0.25) is 14.6 Å². The highest BCUT2D eigenvalue weighted by Gasteiger charge is 2.26. The molecule has 3 heteroatoms. The Labute approximate surface area is 163 Å². The number of hydrogen-bond donors (Lipinski definition) is 0. The van der Waals surface area contributed by atoms with Crippen molar-refractivity contribution >= 4 is 22.3 Å². The molecule has 0 saturated heterocycles. The average molecular weight is 365 g/mol. The molecule has 0 saturated carbocycles. The lowest BCUT2D eigenvalue weighted by molar-refractivity contribution is 0.0891. The number of nitrogens with zero attached hydrogens (tertiary/aromatic N) is 1. The Balaban J connectivity index is 1.74. The van der Waals surface area contributed by atoms with Gasteiger partial charge >= 0.3 is 0 Å². The molecule has 0 spiro atoms. The summed E-state index contributed by atoms with van der Waals surface area (Å²) in [7, 11) is 0. The first kappa shape index (κ1) is 17.8. The first-order chi connectivity index (χ1) is 13.7. The molecule has 0 amide bonds. The van der Waals surface area contributed by atoms with E-state index in [4.69, 9.17) is 0 Å². The SMILES string of the molecule is O=C(CC(C(=O)c1ccccc1)c1ccc2ccccc2c1)c1ccccn1. The van der Waals surface area contributed by atoms with Crippen LogP contribution in [0.4, 0.5) is 0 Å². The van der Waals surface area contributed by atoms with Crippen molar-refractivity contribution in [3.8, 4) is 0 Å². The van der Waals surface area contributed by atoms with Crippen molar-refractivity contribution in [1.82, 2.24) is 4.98 Å². The summed E-state index contributed by atoms with van der Waals surface area (Å²) in [5.74, 6) is -0.746. The summed E-state index contributed by atoms with van der Waals surface area (Å²) in [4.78, 5) is 30.2. The lowest BCUT2D eigenvalue weighted by atomic mass is 9.85. The van der Waals surface area contributed by atoms with Gasteiger partial charge in [0.1, 0.15) is 5.69 Å². The molecule has 3 nitrogen and oxygen atoms in total. The van der Waals surface area contributed by atoms with Crippen LogP contribution in [0.3, 0.4) is 0 Å². The van der Waals surface area contributed by atoms with Gasteiger partial charge in [-0.2, -0.15) is 0 Å². The van der Waals surface area contributed by atoms with E-state index in [-0.39, 0.29) is 18.0 Å². The number of rotatable bonds is 6. The Morgan fingerprint density at radius 2 is 1.46 bits per heavy atom. The van der Waals surface area contributed by atoms with E-state index in [9.17, 15) is 9.59 Å². The fraction of sp³-hybridized carbons (Fsp3) is 0.0800. The highest BCUT2D eigenvalue weighted by atomic mass is 16.1. The minimum Gasteiger partial charge on any atom is -0.293 e. The lowest BCUT2D eigenvalue weighted by Gasteiger charge is -2.16. The number of ketones is 2. The highest BCUT2D eigenvalue weighted by molar-refractivity contribution is 6.06. The number of benzene rings is 3. The molecule has 0 aliphatic rings. The van der Waals surface area contributed by atoms with Gasteiger partial charge in [-0.25, -0.2) is 0 Å². The van der Waals surface area contributed by atoms with E-state index < -0.39 is 5.92 Å². The first-order valence-corrected chi connectivity index (χ1v) is 9.24. The molecule has 0 aliphatic heterocycles. The van der Waals surface area contributed by atoms with E-state index >= 15 is 0 Å². The fourth-order valence-electron chi connectivity index (χ4n) is 3.41. The van der Waals surface area contributed by atoms with Crippen molar-refractivity contribution < 1.29 is 9.59 Å². The fourth-order valence-corrected chi connectivity index (χ4v) is 3.41. The Hall–Kier alpha value is -3.59. The second kappa shape index (κ2) is 7.97. The average Bonchev–Trinajstić information content (AvgIpc) is 2.77. The van der Waals surface area contributed by atoms with Crippen LogP contribution in [0.15, 0.2) is 97.2 Å². The van der Waals surface area contributed by atoms with E-state index in [1.54, 1.807) is 36.5 Å². The smallest absolute Gasteiger partial charge is 0.182 e. The topological polar surface area (TPSA) is 47.0 Å². The van der Waals surface area contributed by atoms with Gasteiger partial charge in [-0.05, 0) is 28.5 Å². The zero-order valence-electron chi connectivity index (χ0n) is 15.3. The molecule has 0 aliphatic carbocycles. The van der Waals surface area contributed by atoms with Crippen molar-refractivity contribution in [2.45, 2.75) is 12.3 Å².